The Hall–Kier alpha value is -2.41. The first-order chi connectivity index (χ1) is 11.8. The van der Waals surface area contributed by atoms with Crippen LogP contribution in [0.25, 0.3) is 0 Å². The second kappa shape index (κ2) is 10.5. The molecule has 25 heavy (non-hydrogen) atoms. The highest BCUT2D eigenvalue weighted by Crippen LogP contribution is 2.07. The summed E-state index contributed by atoms with van der Waals surface area (Å²) in [5, 5.41) is 2.58. The van der Waals surface area contributed by atoms with Gasteiger partial charge >= 0.3 is 5.97 Å². The molecule has 3 atom stereocenters. The van der Waals surface area contributed by atoms with Crippen LogP contribution in [0.5, 0.6) is 0 Å². The summed E-state index contributed by atoms with van der Waals surface area (Å²) in [5.74, 6) is -1.38. The number of primary amides is 1. The highest BCUT2D eigenvalue weighted by Gasteiger charge is 2.27. The van der Waals surface area contributed by atoms with Gasteiger partial charge in [-0.2, -0.15) is 0 Å². The van der Waals surface area contributed by atoms with Crippen LogP contribution in [0.4, 0.5) is 0 Å². The van der Waals surface area contributed by atoms with Crippen LogP contribution in [0.3, 0.4) is 0 Å². The average molecular weight is 350 g/mol. The molecule has 0 aliphatic heterocycles. The van der Waals surface area contributed by atoms with Gasteiger partial charge in [0.05, 0.1) is 0 Å². The van der Waals surface area contributed by atoms with E-state index in [1.54, 1.807) is 0 Å². The maximum absolute atomic E-state index is 12.1. The standard InChI is InChI=1S/C18H27N3O4/c1-3-12(2)16(19)18(24)21-14(17(20)23)9-10-15(22)25-11-13-7-5-4-6-8-13/h4-8,12,14,16H,3,9-11,19H2,1-2H3,(H2,20,23)(H,21,24)/p+1/t12-,14+,16+/m1/s1. The molecule has 0 radical (unpaired) electrons. The molecule has 0 saturated heterocycles. The van der Waals surface area contributed by atoms with E-state index in [9.17, 15) is 14.4 Å². The number of carbonyl (C=O) groups is 3. The van der Waals surface area contributed by atoms with Crippen LogP contribution in [-0.2, 0) is 25.7 Å². The number of nitrogens with two attached hydrogens (primary N) is 1. The zero-order chi connectivity index (χ0) is 18.8. The van der Waals surface area contributed by atoms with E-state index in [1.807, 2.05) is 44.2 Å². The van der Waals surface area contributed by atoms with Gasteiger partial charge in [0.15, 0.2) is 6.04 Å². The monoisotopic (exact) mass is 350 g/mol. The van der Waals surface area contributed by atoms with E-state index < -0.39 is 24.0 Å². The molecule has 6 N–H and O–H groups in total. The molecule has 0 unspecified atom stereocenters. The molecule has 0 bridgehead atoms. The maximum atomic E-state index is 12.1. The molecule has 0 spiro atoms. The fourth-order valence-electron chi connectivity index (χ4n) is 2.18. The van der Waals surface area contributed by atoms with Gasteiger partial charge in [-0.15, -0.1) is 0 Å². The number of hydrogen-bond acceptors (Lipinski definition) is 4. The summed E-state index contributed by atoms with van der Waals surface area (Å²) in [5.41, 5.74) is 10.0. The van der Waals surface area contributed by atoms with Crippen LogP contribution in [-0.4, -0.2) is 29.9 Å². The first-order valence-corrected chi connectivity index (χ1v) is 8.47. The van der Waals surface area contributed by atoms with Crippen molar-refractivity contribution in [2.45, 2.75) is 51.8 Å². The molecular formula is C18H28N3O4+. The lowest BCUT2D eigenvalue weighted by atomic mass is 9.99. The van der Waals surface area contributed by atoms with Crippen LogP contribution in [0, 0.1) is 5.92 Å². The van der Waals surface area contributed by atoms with E-state index in [2.05, 4.69) is 11.1 Å². The Morgan fingerprint density at radius 2 is 1.88 bits per heavy atom. The predicted molar refractivity (Wildman–Crippen MR) is 92.7 cm³/mol. The van der Waals surface area contributed by atoms with E-state index in [1.165, 1.54) is 0 Å². The van der Waals surface area contributed by atoms with Gasteiger partial charge in [0.1, 0.15) is 12.6 Å². The zero-order valence-corrected chi connectivity index (χ0v) is 14.9. The van der Waals surface area contributed by atoms with Crippen LogP contribution in [0.15, 0.2) is 30.3 Å². The number of rotatable bonds is 10. The van der Waals surface area contributed by atoms with Gasteiger partial charge in [-0.25, -0.2) is 0 Å². The molecule has 7 nitrogen and oxygen atoms in total. The molecule has 0 fully saturated rings. The Balaban J connectivity index is 2.45. The third-order valence-corrected chi connectivity index (χ3v) is 4.21. The topological polar surface area (TPSA) is 126 Å². The van der Waals surface area contributed by atoms with Crippen molar-refractivity contribution in [1.82, 2.24) is 5.32 Å². The largest absolute Gasteiger partial charge is 0.461 e. The molecular weight excluding hydrogens is 322 g/mol. The molecule has 7 heteroatoms. The minimum absolute atomic E-state index is 0.00807. The lowest BCUT2D eigenvalue weighted by molar-refractivity contribution is -0.415. The van der Waals surface area contributed by atoms with Crippen LogP contribution >= 0.6 is 0 Å². The number of hydrogen-bond donors (Lipinski definition) is 3. The third-order valence-electron chi connectivity index (χ3n) is 4.21. The van der Waals surface area contributed by atoms with E-state index in [-0.39, 0.29) is 31.3 Å². The summed E-state index contributed by atoms with van der Waals surface area (Å²) in [6.07, 6.45) is 0.891. The fourth-order valence-corrected chi connectivity index (χ4v) is 2.18. The SMILES string of the molecule is CC[C@@H](C)[C@H]([NH3+])C(=O)N[C@@H](CCC(=O)OCc1ccccc1)C(N)=O. The van der Waals surface area contributed by atoms with Gasteiger partial charge in [-0.3, -0.25) is 14.4 Å². The number of benzene rings is 1. The summed E-state index contributed by atoms with van der Waals surface area (Å²) in [6, 6.07) is 7.90. The quantitative estimate of drug-likeness (QED) is 0.519. The van der Waals surface area contributed by atoms with Crippen LogP contribution in [0.1, 0.15) is 38.7 Å². The van der Waals surface area contributed by atoms with Crippen molar-refractivity contribution in [3.63, 3.8) is 0 Å². The normalized spacial score (nSPS) is 14.2. The molecule has 0 aliphatic carbocycles. The number of quaternary nitrogens is 1. The molecule has 1 aromatic carbocycles. The lowest BCUT2D eigenvalue weighted by Gasteiger charge is -2.19. The van der Waals surface area contributed by atoms with Crippen molar-refractivity contribution in [2.24, 2.45) is 11.7 Å². The van der Waals surface area contributed by atoms with Crippen molar-refractivity contribution < 1.29 is 24.9 Å². The van der Waals surface area contributed by atoms with Gasteiger partial charge in [-0.1, -0.05) is 44.2 Å². The third kappa shape index (κ3) is 7.34. The van der Waals surface area contributed by atoms with Gasteiger partial charge in [0.25, 0.3) is 5.91 Å². The molecule has 0 aliphatic rings. The molecule has 1 rings (SSSR count). The van der Waals surface area contributed by atoms with Crippen molar-refractivity contribution in [1.29, 1.82) is 0 Å². The number of carbonyl (C=O) groups excluding carboxylic acids is 3. The van der Waals surface area contributed by atoms with Gasteiger partial charge in [-0.05, 0) is 18.4 Å². The summed E-state index contributed by atoms with van der Waals surface area (Å²) >= 11 is 0. The summed E-state index contributed by atoms with van der Waals surface area (Å²) in [7, 11) is 0. The van der Waals surface area contributed by atoms with Crippen molar-refractivity contribution in [3.05, 3.63) is 35.9 Å². The zero-order valence-electron chi connectivity index (χ0n) is 14.9. The van der Waals surface area contributed by atoms with E-state index >= 15 is 0 Å². The van der Waals surface area contributed by atoms with E-state index in [4.69, 9.17) is 10.5 Å². The first-order valence-electron chi connectivity index (χ1n) is 8.47. The Morgan fingerprint density at radius 3 is 2.44 bits per heavy atom. The summed E-state index contributed by atoms with van der Waals surface area (Å²) in [6.45, 7) is 4.05. The highest BCUT2D eigenvalue weighted by atomic mass is 16.5. The lowest BCUT2D eigenvalue weighted by Crippen LogP contribution is -2.71. The first kappa shape index (κ1) is 20.6. The number of esters is 1. The number of nitrogens with one attached hydrogen (secondary N) is 1. The molecule has 1 aromatic rings. The smallest absolute Gasteiger partial charge is 0.306 e. The minimum Gasteiger partial charge on any atom is -0.461 e. The van der Waals surface area contributed by atoms with Gasteiger partial charge in [0, 0.05) is 12.3 Å². The Bertz CT molecular complexity index is 577. The molecule has 0 saturated carbocycles. The molecule has 0 aromatic heterocycles. The Morgan fingerprint density at radius 1 is 1.24 bits per heavy atom. The van der Waals surface area contributed by atoms with Crippen molar-refractivity contribution in [3.8, 4) is 0 Å². The predicted octanol–water partition coefficient (Wildman–Crippen LogP) is 0.137. The van der Waals surface area contributed by atoms with E-state index in [0.29, 0.717) is 0 Å². The van der Waals surface area contributed by atoms with Crippen LogP contribution in [0.2, 0.25) is 0 Å². The number of ether oxygens (including phenoxy) is 1. The van der Waals surface area contributed by atoms with Crippen LogP contribution < -0.4 is 16.8 Å². The van der Waals surface area contributed by atoms with Gasteiger partial charge in [0.2, 0.25) is 5.91 Å². The molecule has 138 valence electrons. The number of amides is 2. The summed E-state index contributed by atoms with van der Waals surface area (Å²) < 4.78 is 5.15. The van der Waals surface area contributed by atoms with Crippen molar-refractivity contribution in [2.75, 3.05) is 0 Å². The van der Waals surface area contributed by atoms with Crippen molar-refractivity contribution >= 4 is 17.8 Å². The molecule has 0 heterocycles. The fraction of sp³-hybridized carbons (Fsp3) is 0.500. The second-order valence-electron chi connectivity index (χ2n) is 6.14. The Kier molecular flexibility index (Phi) is 8.63. The minimum atomic E-state index is -0.912. The van der Waals surface area contributed by atoms with Gasteiger partial charge < -0.3 is 21.5 Å². The maximum Gasteiger partial charge on any atom is 0.306 e. The summed E-state index contributed by atoms with van der Waals surface area (Å²) in [4.78, 5) is 35.5. The highest BCUT2D eigenvalue weighted by molar-refractivity contribution is 5.88. The second-order valence-corrected chi connectivity index (χ2v) is 6.14. The average Bonchev–Trinajstić information content (AvgIpc) is 2.62. The van der Waals surface area contributed by atoms with E-state index in [0.717, 1.165) is 12.0 Å². The Labute approximate surface area is 148 Å². The molecule has 2 amide bonds.